The van der Waals surface area contributed by atoms with Crippen molar-refractivity contribution in [2.45, 2.75) is 51.5 Å². The van der Waals surface area contributed by atoms with E-state index in [4.69, 9.17) is 0 Å². The lowest BCUT2D eigenvalue weighted by molar-refractivity contribution is 0.254. The van der Waals surface area contributed by atoms with Gasteiger partial charge in [-0.25, -0.2) is 0 Å². The van der Waals surface area contributed by atoms with Gasteiger partial charge in [-0.3, -0.25) is 0 Å². The summed E-state index contributed by atoms with van der Waals surface area (Å²) in [5.41, 5.74) is 0.702. The van der Waals surface area contributed by atoms with Crippen molar-refractivity contribution >= 4 is 5.69 Å². The van der Waals surface area contributed by atoms with Gasteiger partial charge in [0.05, 0.1) is 6.07 Å². The maximum Gasteiger partial charge on any atom is 0.125 e. The molecular formula is C17H24N2. The number of para-hydroxylation sites is 1. The third kappa shape index (κ3) is 3.73. The smallest absolute Gasteiger partial charge is 0.125 e. The summed E-state index contributed by atoms with van der Waals surface area (Å²) in [6.07, 6.45) is 5.62. The number of nitrogens with zero attached hydrogens (tertiary/aromatic N) is 1. The molecule has 2 rings (SSSR count). The molecule has 1 aliphatic rings. The predicted molar refractivity (Wildman–Crippen MR) is 79.8 cm³/mol. The molecule has 0 amide bonds. The largest absolute Gasteiger partial charge is 0.367 e. The van der Waals surface area contributed by atoms with Crippen molar-refractivity contribution in [3.8, 4) is 6.07 Å². The third-order valence-corrected chi connectivity index (χ3v) is 4.03. The van der Waals surface area contributed by atoms with Crippen LogP contribution in [0.4, 0.5) is 5.69 Å². The van der Waals surface area contributed by atoms with Gasteiger partial charge >= 0.3 is 0 Å². The lowest BCUT2D eigenvalue weighted by Gasteiger charge is -2.37. The Morgan fingerprint density at radius 2 is 2.11 bits per heavy atom. The highest BCUT2D eigenvalue weighted by Crippen LogP contribution is 2.37. The highest BCUT2D eigenvalue weighted by Gasteiger charge is 2.36. The number of rotatable bonds is 4. The van der Waals surface area contributed by atoms with E-state index in [1.165, 1.54) is 12.8 Å². The lowest BCUT2D eigenvalue weighted by Crippen LogP contribution is -2.41. The molecular weight excluding hydrogens is 232 g/mol. The van der Waals surface area contributed by atoms with Crippen molar-refractivity contribution in [1.29, 1.82) is 5.26 Å². The molecule has 2 atom stereocenters. The van der Waals surface area contributed by atoms with E-state index in [1.54, 1.807) is 0 Å². The highest BCUT2D eigenvalue weighted by molar-refractivity contribution is 5.47. The average molecular weight is 256 g/mol. The zero-order chi connectivity index (χ0) is 13.7. The van der Waals surface area contributed by atoms with Gasteiger partial charge in [-0.05, 0) is 49.7 Å². The second kappa shape index (κ2) is 6.10. The minimum absolute atomic E-state index is 0.362. The second-order valence-electron chi connectivity index (χ2n) is 6.28. The molecule has 1 fully saturated rings. The summed E-state index contributed by atoms with van der Waals surface area (Å²) in [7, 11) is 0. The summed E-state index contributed by atoms with van der Waals surface area (Å²) in [6, 6.07) is 12.7. The third-order valence-electron chi connectivity index (χ3n) is 4.03. The van der Waals surface area contributed by atoms with E-state index in [0.717, 1.165) is 30.9 Å². The summed E-state index contributed by atoms with van der Waals surface area (Å²) < 4.78 is 0. The first kappa shape index (κ1) is 13.9. The van der Waals surface area contributed by atoms with Crippen LogP contribution in [0.2, 0.25) is 0 Å². The molecule has 0 bridgehead atoms. The van der Waals surface area contributed by atoms with Gasteiger partial charge in [0, 0.05) is 5.69 Å². The molecule has 2 unspecified atom stereocenters. The fourth-order valence-electron chi connectivity index (χ4n) is 3.30. The highest BCUT2D eigenvalue weighted by atomic mass is 15.0. The van der Waals surface area contributed by atoms with Gasteiger partial charge in [0.15, 0.2) is 0 Å². The molecule has 0 saturated heterocycles. The molecule has 1 aromatic carbocycles. The van der Waals surface area contributed by atoms with E-state index < -0.39 is 0 Å². The maximum absolute atomic E-state index is 9.64. The van der Waals surface area contributed by atoms with Gasteiger partial charge in [-0.15, -0.1) is 0 Å². The van der Waals surface area contributed by atoms with E-state index in [0.29, 0.717) is 5.92 Å². The Balaban J connectivity index is 2.07. The standard InChI is InChI=1S/C17H24N2/c1-14(2)11-15-7-6-10-17(12-15,13-18)19-16-8-4-3-5-9-16/h3-5,8-9,14-15,19H,6-7,10-12H2,1-2H3. The van der Waals surface area contributed by atoms with Crippen molar-refractivity contribution in [2.24, 2.45) is 11.8 Å². The average Bonchev–Trinajstić information content (AvgIpc) is 2.39. The minimum atomic E-state index is -0.362. The quantitative estimate of drug-likeness (QED) is 0.854. The van der Waals surface area contributed by atoms with Gasteiger partial charge < -0.3 is 5.32 Å². The van der Waals surface area contributed by atoms with Gasteiger partial charge in [-0.1, -0.05) is 38.5 Å². The molecule has 102 valence electrons. The molecule has 0 aliphatic heterocycles. The van der Waals surface area contributed by atoms with Crippen LogP contribution < -0.4 is 5.32 Å². The summed E-state index contributed by atoms with van der Waals surface area (Å²) in [5.74, 6) is 1.40. The molecule has 0 spiro atoms. The van der Waals surface area contributed by atoms with Crippen molar-refractivity contribution < 1.29 is 0 Å². The Labute approximate surface area is 116 Å². The van der Waals surface area contributed by atoms with Crippen LogP contribution in [0, 0.1) is 23.2 Å². The Morgan fingerprint density at radius 1 is 1.37 bits per heavy atom. The van der Waals surface area contributed by atoms with Crippen LogP contribution in [0.15, 0.2) is 30.3 Å². The molecule has 1 saturated carbocycles. The predicted octanol–water partition coefficient (Wildman–Crippen LogP) is 4.60. The Kier molecular flexibility index (Phi) is 4.47. The first-order valence-corrected chi connectivity index (χ1v) is 7.38. The Bertz CT molecular complexity index is 432. The number of nitrogens with one attached hydrogen (secondary N) is 1. The van der Waals surface area contributed by atoms with Gasteiger partial charge in [0.25, 0.3) is 0 Å². The van der Waals surface area contributed by atoms with Gasteiger partial charge in [0.1, 0.15) is 5.54 Å². The van der Waals surface area contributed by atoms with Crippen LogP contribution in [-0.4, -0.2) is 5.54 Å². The summed E-state index contributed by atoms with van der Waals surface area (Å²) >= 11 is 0. The molecule has 0 aromatic heterocycles. The molecule has 1 N–H and O–H groups in total. The Morgan fingerprint density at radius 3 is 2.74 bits per heavy atom. The zero-order valence-electron chi connectivity index (χ0n) is 12.0. The Hall–Kier alpha value is -1.49. The van der Waals surface area contributed by atoms with E-state index in [1.807, 2.05) is 30.3 Å². The number of nitriles is 1. The SMILES string of the molecule is CC(C)CC1CCCC(C#N)(Nc2ccccc2)C1. The van der Waals surface area contributed by atoms with Crippen LogP contribution in [0.1, 0.15) is 46.0 Å². The molecule has 0 heterocycles. The summed E-state index contributed by atoms with van der Waals surface area (Å²) in [4.78, 5) is 0. The lowest BCUT2D eigenvalue weighted by atomic mass is 9.73. The minimum Gasteiger partial charge on any atom is -0.367 e. The molecule has 2 heteroatoms. The van der Waals surface area contributed by atoms with Gasteiger partial charge in [-0.2, -0.15) is 5.26 Å². The number of hydrogen-bond donors (Lipinski definition) is 1. The molecule has 0 radical (unpaired) electrons. The number of benzene rings is 1. The molecule has 2 nitrogen and oxygen atoms in total. The van der Waals surface area contributed by atoms with Crippen LogP contribution >= 0.6 is 0 Å². The number of hydrogen-bond acceptors (Lipinski definition) is 2. The maximum atomic E-state index is 9.64. The first-order valence-electron chi connectivity index (χ1n) is 7.38. The van der Waals surface area contributed by atoms with E-state index in [-0.39, 0.29) is 5.54 Å². The topological polar surface area (TPSA) is 35.8 Å². The normalized spacial score (nSPS) is 26.9. The van der Waals surface area contributed by atoms with Crippen molar-refractivity contribution in [3.63, 3.8) is 0 Å². The second-order valence-corrected chi connectivity index (χ2v) is 6.28. The van der Waals surface area contributed by atoms with Crippen molar-refractivity contribution in [3.05, 3.63) is 30.3 Å². The zero-order valence-corrected chi connectivity index (χ0v) is 12.0. The molecule has 19 heavy (non-hydrogen) atoms. The molecule has 1 aromatic rings. The fraction of sp³-hybridized carbons (Fsp3) is 0.588. The van der Waals surface area contributed by atoms with E-state index >= 15 is 0 Å². The van der Waals surface area contributed by atoms with E-state index in [9.17, 15) is 5.26 Å². The van der Waals surface area contributed by atoms with Crippen LogP contribution in [0.3, 0.4) is 0 Å². The summed E-state index contributed by atoms with van der Waals surface area (Å²) in [6.45, 7) is 4.54. The summed E-state index contributed by atoms with van der Waals surface area (Å²) in [5, 5.41) is 13.1. The van der Waals surface area contributed by atoms with E-state index in [2.05, 4.69) is 25.2 Å². The number of anilines is 1. The fourth-order valence-corrected chi connectivity index (χ4v) is 3.30. The van der Waals surface area contributed by atoms with Gasteiger partial charge in [0.2, 0.25) is 0 Å². The monoisotopic (exact) mass is 256 g/mol. The van der Waals surface area contributed by atoms with Crippen LogP contribution in [0.5, 0.6) is 0 Å². The van der Waals surface area contributed by atoms with Crippen molar-refractivity contribution in [1.82, 2.24) is 0 Å². The van der Waals surface area contributed by atoms with Crippen LogP contribution in [-0.2, 0) is 0 Å². The first-order chi connectivity index (χ1) is 9.13. The molecule has 1 aliphatic carbocycles. The van der Waals surface area contributed by atoms with Crippen molar-refractivity contribution in [2.75, 3.05) is 5.32 Å². The van der Waals surface area contributed by atoms with Crippen LogP contribution in [0.25, 0.3) is 0 Å².